The number of alkyl halides is 2. The van der Waals surface area contributed by atoms with Crippen molar-refractivity contribution in [2.24, 2.45) is 5.92 Å². The van der Waals surface area contributed by atoms with Gasteiger partial charge in [0.15, 0.2) is 6.61 Å². The molecule has 0 radical (unpaired) electrons. The van der Waals surface area contributed by atoms with E-state index in [1.54, 1.807) is 0 Å². The number of nitrogens with one attached hydrogen (secondary N) is 1. The lowest BCUT2D eigenvalue weighted by molar-refractivity contribution is -0.122. The predicted octanol–water partition coefficient (Wildman–Crippen LogP) is 5.50. The molecule has 1 aromatic heterocycles. The first-order chi connectivity index (χ1) is 16.4. The van der Waals surface area contributed by atoms with Gasteiger partial charge in [-0.15, -0.1) is 0 Å². The van der Waals surface area contributed by atoms with E-state index < -0.39 is 13.0 Å². The van der Waals surface area contributed by atoms with Crippen LogP contribution in [0.5, 0.6) is 5.19 Å². The second kappa shape index (κ2) is 12.3. The lowest BCUT2D eigenvalue weighted by Crippen LogP contribution is -2.38. The molecule has 0 bridgehead atoms. The van der Waals surface area contributed by atoms with Gasteiger partial charge in [0.2, 0.25) is 5.91 Å². The van der Waals surface area contributed by atoms with Crippen molar-refractivity contribution in [3.05, 3.63) is 45.4 Å². The molecule has 0 unspecified atom stereocenters. The van der Waals surface area contributed by atoms with Crippen LogP contribution in [-0.4, -0.2) is 48.0 Å². The summed E-state index contributed by atoms with van der Waals surface area (Å²) in [6.45, 7) is 2.17. The molecule has 0 saturated heterocycles. The number of ether oxygens (including phenoxy) is 1. The highest BCUT2D eigenvalue weighted by atomic mass is 35.5. The van der Waals surface area contributed by atoms with Crippen LogP contribution in [-0.2, 0) is 24.2 Å². The van der Waals surface area contributed by atoms with Crippen LogP contribution in [0.15, 0.2) is 24.3 Å². The molecule has 0 spiro atoms. The second-order valence-electron chi connectivity index (χ2n) is 9.28. The number of fused-ring (bicyclic) bond motifs is 1. The molecule has 186 valence electrons. The zero-order chi connectivity index (χ0) is 23.9. The monoisotopic (exact) mass is 511 g/mol. The van der Waals surface area contributed by atoms with Crippen LogP contribution in [0, 0.1) is 5.92 Å². The van der Waals surface area contributed by atoms with Crippen molar-refractivity contribution < 1.29 is 18.3 Å². The Hall–Kier alpha value is -1.77. The Labute approximate surface area is 208 Å². The van der Waals surface area contributed by atoms with E-state index in [4.69, 9.17) is 16.3 Å². The number of hydrogen-bond donors (Lipinski definition) is 1. The molecular formula is C25H32ClF2N3O2S. The van der Waals surface area contributed by atoms with E-state index in [1.165, 1.54) is 11.3 Å². The summed E-state index contributed by atoms with van der Waals surface area (Å²) in [6, 6.07) is 7.95. The van der Waals surface area contributed by atoms with E-state index in [9.17, 15) is 13.6 Å². The first-order valence-electron chi connectivity index (χ1n) is 12.1. The van der Waals surface area contributed by atoms with E-state index in [1.807, 2.05) is 24.3 Å². The summed E-state index contributed by atoms with van der Waals surface area (Å²) in [5, 5.41) is 4.29. The maximum absolute atomic E-state index is 12.4. The van der Waals surface area contributed by atoms with Crippen LogP contribution in [0.1, 0.15) is 54.7 Å². The Bertz CT molecular complexity index is 933. The number of aromatic nitrogens is 1. The first-order valence-corrected chi connectivity index (χ1v) is 13.3. The van der Waals surface area contributed by atoms with Gasteiger partial charge in [0.1, 0.15) is 0 Å². The predicted molar refractivity (Wildman–Crippen MR) is 131 cm³/mol. The van der Waals surface area contributed by atoms with Gasteiger partial charge in [0, 0.05) is 35.5 Å². The van der Waals surface area contributed by atoms with Crippen molar-refractivity contribution in [3.63, 3.8) is 0 Å². The molecule has 0 atom stereocenters. The van der Waals surface area contributed by atoms with E-state index in [0.717, 1.165) is 80.7 Å². The molecule has 4 rings (SSSR count). The van der Waals surface area contributed by atoms with Crippen molar-refractivity contribution in [2.75, 3.05) is 19.7 Å². The zero-order valence-corrected chi connectivity index (χ0v) is 20.9. The number of amides is 1. The number of thiazole rings is 1. The third-order valence-corrected chi connectivity index (χ3v) is 8.06. The number of hydrogen-bond acceptors (Lipinski definition) is 5. The fourth-order valence-electron chi connectivity index (χ4n) is 4.79. The van der Waals surface area contributed by atoms with E-state index in [2.05, 4.69) is 15.2 Å². The molecule has 5 nitrogen and oxygen atoms in total. The number of carbonyl (C=O) groups is 1. The van der Waals surface area contributed by atoms with Crippen molar-refractivity contribution in [2.45, 2.75) is 70.4 Å². The SMILES string of the molecule is O=C(CCc1ccc(Cl)cc1)NC1CCC(CCN2CCc3sc(OCC(F)F)nc3C2)CC1. The van der Waals surface area contributed by atoms with Gasteiger partial charge in [0.25, 0.3) is 11.6 Å². The lowest BCUT2D eigenvalue weighted by atomic mass is 9.84. The fourth-order valence-corrected chi connectivity index (χ4v) is 5.83. The van der Waals surface area contributed by atoms with Gasteiger partial charge < -0.3 is 10.1 Å². The van der Waals surface area contributed by atoms with Crippen LogP contribution in [0.2, 0.25) is 5.02 Å². The summed E-state index contributed by atoms with van der Waals surface area (Å²) in [6.07, 6.45) is 5.17. The fraction of sp³-hybridized carbons (Fsp3) is 0.600. The number of benzene rings is 1. The molecule has 1 aliphatic carbocycles. The average Bonchev–Trinajstić information content (AvgIpc) is 3.24. The number of rotatable bonds is 10. The summed E-state index contributed by atoms with van der Waals surface area (Å²) in [5.74, 6) is 0.812. The van der Waals surface area contributed by atoms with Gasteiger partial charge in [-0.1, -0.05) is 35.1 Å². The molecule has 1 fully saturated rings. The normalized spacial score (nSPS) is 20.8. The third kappa shape index (κ3) is 7.62. The molecule has 1 aromatic carbocycles. The Morgan fingerprint density at radius 1 is 1.24 bits per heavy atom. The number of nitrogens with zero attached hydrogens (tertiary/aromatic N) is 2. The molecule has 34 heavy (non-hydrogen) atoms. The van der Waals surface area contributed by atoms with Crippen LogP contribution < -0.4 is 10.1 Å². The summed E-state index contributed by atoms with van der Waals surface area (Å²) >= 11 is 7.31. The minimum Gasteiger partial charge on any atom is -0.464 e. The summed E-state index contributed by atoms with van der Waals surface area (Å²) in [4.78, 5) is 20.3. The number of aryl methyl sites for hydroxylation is 1. The van der Waals surface area contributed by atoms with Crippen molar-refractivity contribution in [3.8, 4) is 5.19 Å². The van der Waals surface area contributed by atoms with Crippen molar-refractivity contribution in [1.29, 1.82) is 0 Å². The summed E-state index contributed by atoms with van der Waals surface area (Å²) in [5.41, 5.74) is 2.10. The minimum absolute atomic E-state index is 0.127. The molecule has 1 N–H and O–H groups in total. The smallest absolute Gasteiger partial charge is 0.273 e. The topological polar surface area (TPSA) is 54.5 Å². The molecule has 2 heterocycles. The van der Waals surface area contributed by atoms with Crippen molar-refractivity contribution >= 4 is 28.8 Å². The standard InChI is InChI=1S/C25H32ClF2N3O2S/c26-19-6-1-17(2-7-19)5-10-24(32)29-20-8-3-18(4-9-20)11-13-31-14-12-22-21(15-31)30-25(34-22)33-16-23(27)28/h1-2,6-7,18,20,23H,3-5,8-16H2,(H,29,32). The highest BCUT2D eigenvalue weighted by Gasteiger charge is 2.25. The Morgan fingerprint density at radius 3 is 2.74 bits per heavy atom. The van der Waals surface area contributed by atoms with Crippen LogP contribution in [0.4, 0.5) is 8.78 Å². The van der Waals surface area contributed by atoms with Crippen LogP contribution in [0.25, 0.3) is 0 Å². The molecule has 1 aliphatic heterocycles. The van der Waals surface area contributed by atoms with Gasteiger partial charge in [-0.3, -0.25) is 9.69 Å². The van der Waals surface area contributed by atoms with E-state index in [-0.39, 0.29) is 11.9 Å². The Kier molecular flexibility index (Phi) is 9.14. The zero-order valence-electron chi connectivity index (χ0n) is 19.3. The second-order valence-corrected chi connectivity index (χ2v) is 10.8. The quantitative estimate of drug-likeness (QED) is 0.458. The molecule has 2 aliphatic rings. The summed E-state index contributed by atoms with van der Waals surface area (Å²) in [7, 11) is 0. The first kappa shape index (κ1) is 25.3. The van der Waals surface area contributed by atoms with Gasteiger partial charge >= 0.3 is 0 Å². The largest absolute Gasteiger partial charge is 0.464 e. The molecule has 9 heteroatoms. The number of carbonyl (C=O) groups excluding carboxylic acids is 1. The lowest BCUT2D eigenvalue weighted by Gasteiger charge is -2.32. The van der Waals surface area contributed by atoms with Gasteiger partial charge in [-0.25, -0.2) is 13.8 Å². The van der Waals surface area contributed by atoms with E-state index in [0.29, 0.717) is 22.6 Å². The van der Waals surface area contributed by atoms with Crippen LogP contribution >= 0.6 is 22.9 Å². The van der Waals surface area contributed by atoms with Gasteiger partial charge in [0.05, 0.1) is 5.69 Å². The molecule has 1 amide bonds. The molecule has 1 saturated carbocycles. The highest BCUT2D eigenvalue weighted by Crippen LogP contribution is 2.31. The average molecular weight is 512 g/mol. The van der Waals surface area contributed by atoms with Crippen LogP contribution in [0.3, 0.4) is 0 Å². The molecule has 2 aromatic rings. The van der Waals surface area contributed by atoms with Gasteiger partial charge in [-0.2, -0.15) is 0 Å². The third-order valence-electron chi connectivity index (χ3n) is 6.74. The summed E-state index contributed by atoms with van der Waals surface area (Å²) < 4.78 is 29.8. The molecular weight excluding hydrogens is 480 g/mol. The highest BCUT2D eigenvalue weighted by molar-refractivity contribution is 7.13. The van der Waals surface area contributed by atoms with Crippen molar-refractivity contribution in [1.82, 2.24) is 15.2 Å². The maximum atomic E-state index is 12.4. The van der Waals surface area contributed by atoms with Gasteiger partial charge in [-0.05, 0) is 75.1 Å². The van der Waals surface area contributed by atoms with E-state index >= 15 is 0 Å². The Morgan fingerprint density at radius 2 is 2.00 bits per heavy atom. The maximum Gasteiger partial charge on any atom is 0.273 e. The number of halogens is 3. The minimum atomic E-state index is -2.48. The Balaban J connectivity index is 1.12.